The van der Waals surface area contributed by atoms with Gasteiger partial charge in [-0.2, -0.15) is 0 Å². The minimum absolute atomic E-state index is 0.0516. The number of hydrogen-bond acceptors (Lipinski definition) is 4. The first-order chi connectivity index (χ1) is 17.7. The fourth-order valence-corrected chi connectivity index (χ4v) is 4.92. The van der Waals surface area contributed by atoms with Gasteiger partial charge in [0, 0.05) is 23.6 Å². The summed E-state index contributed by atoms with van der Waals surface area (Å²) in [4.78, 5) is 18.4. The second kappa shape index (κ2) is 11.3. The lowest BCUT2D eigenvalue weighted by atomic mass is 9.74. The standard InChI is InChI=1S/C28H28F4N2O3/c1-37-19-6-7-26-21(15-19)20(25(32)17-33-26)5-2-8-28(27(35)36)9-12-34(13-10-28)11-3-4-18-14-23(30)24(31)16-22(18)29/h3-4,6-7,14-17H,2,5,8-13H2,1H3,(H,35,36). The van der Waals surface area contributed by atoms with Crippen LogP contribution in [0.1, 0.15) is 36.8 Å². The molecular formula is C28H28F4N2O3. The van der Waals surface area contributed by atoms with Crippen LogP contribution in [0, 0.1) is 28.7 Å². The van der Waals surface area contributed by atoms with Crippen LogP contribution in [0.4, 0.5) is 17.6 Å². The van der Waals surface area contributed by atoms with Gasteiger partial charge < -0.3 is 9.84 Å². The Balaban J connectivity index is 1.37. The summed E-state index contributed by atoms with van der Waals surface area (Å²) in [5.41, 5.74) is 0.180. The number of likely N-dealkylation sites (tertiary alicyclic amines) is 1. The van der Waals surface area contributed by atoms with Gasteiger partial charge in [-0.05, 0) is 75.0 Å². The molecule has 9 heteroatoms. The first-order valence-corrected chi connectivity index (χ1v) is 12.1. The van der Waals surface area contributed by atoms with Gasteiger partial charge in [-0.1, -0.05) is 12.2 Å². The number of ether oxygens (including phenoxy) is 1. The molecule has 2 aromatic carbocycles. The third kappa shape index (κ3) is 5.93. The number of benzene rings is 2. The van der Waals surface area contributed by atoms with Crippen molar-refractivity contribution < 1.29 is 32.2 Å². The minimum Gasteiger partial charge on any atom is -0.497 e. The van der Waals surface area contributed by atoms with Crippen LogP contribution in [0.3, 0.4) is 0 Å². The maximum absolute atomic E-state index is 14.6. The molecule has 0 unspecified atom stereocenters. The first kappa shape index (κ1) is 26.6. The zero-order chi connectivity index (χ0) is 26.6. The first-order valence-electron chi connectivity index (χ1n) is 12.1. The SMILES string of the molecule is COc1ccc2ncc(F)c(CCCC3(C(=O)O)CCN(CC=Cc4cc(F)c(F)cc4F)CC3)c2c1. The topological polar surface area (TPSA) is 62.7 Å². The molecule has 1 fully saturated rings. The van der Waals surface area contributed by atoms with Crippen LogP contribution in [0.2, 0.25) is 0 Å². The van der Waals surface area contributed by atoms with Gasteiger partial charge in [0.1, 0.15) is 17.4 Å². The van der Waals surface area contributed by atoms with E-state index < -0.39 is 34.7 Å². The third-order valence-corrected chi connectivity index (χ3v) is 7.18. The number of aryl methyl sites for hydroxylation is 1. The molecule has 1 aromatic heterocycles. The van der Waals surface area contributed by atoms with Crippen molar-refractivity contribution in [3.05, 3.63) is 77.0 Å². The van der Waals surface area contributed by atoms with Gasteiger partial charge in [0.25, 0.3) is 0 Å². The van der Waals surface area contributed by atoms with Crippen LogP contribution in [-0.4, -0.2) is 47.7 Å². The molecule has 37 heavy (non-hydrogen) atoms. The molecule has 1 aliphatic rings. The quantitative estimate of drug-likeness (QED) is 0.279. The van der Waals surface area contributed by atoms with E-state index in [4.69, 9.17) is 4.74 Å². The van der Waals surface area contributed by atoms with Crippen LogP contribution < -0.4 is 4.74 Å². The maximum atomic E-state index is 14.6. The average molecular weight is 517 g/mol. The molecule has 3 aromatic rings. The van der Waals surface area contributed by atoms with E-state index in [-0.39, 0.29) is 5.56 Å². The monoisotopic (exact) mass is 516 g/mol. The number of rotatable bonds is 9. The van der Waals surface area contributed by atoms with Crippen molar-refractivity contribution in [1.29, 1.82) is 0 Å². The zero-order valence-corrected chi connectivity index (χ0v) is 20.4. The fourth-order valence-electron chi connectivity index (χ4n) is 4.92. The molecule has 0 spiro atoms. The molecule has 196 valence electrons. The van der Waals surface area contributed by atoms with Gasteiger partial charge in [0.2, 0.25) is 0 Å². The van der Waals surface area contributed by atoms with Crippen molar-refractivity contribution in [3.63, 3.8) is 0 Å². The van der Waals surface area contributed by atoms with E-state index in [2.05, 4.69) is 4.98 Å². The number of pyridine rings is 1. The van der Waals surface area contributed by atoms with Crippen molar-refractivity contribution in [2.45, 2.75) is 32.1 Å². The van der Waals surface area contributed by atoms with Gasteiger partial charge in [-0.15, -0.1) is 0 Å². The van der Waals surface area contributed by atoms with E-state index in [0.29, 0.717) is 80.0 Å². The summed E-state index contributed by atoms with van der Waals surface area (Å²) >= 11 is 0. The zero-order valence-electron chi connectivity index (χ0n) is 20.4. The number of hydrogen-bond donors (Lipinski definition) is 1. The minimum atomic E-state index is -1.24. The second-order valence-electron chi connectivity index (χ2n) is 9.40. The summed E-state index contributed by atoms with van der Waals surface area (Å²) in [5.74, 6) is -3.91. The third-order valence-electron chi connectivity index (χ3n) is 7.18. The summed E-state index contributed by atoms with van der Waals surface area (Å²) in [6, 6.07) is 6.58. The number of piperidine rings is 1. The van der Waals surface area contributed by atoms with Crippen molar-refractivity contribution in [1.82, 2.24) is 9.88 Å². The molecule has 4 rings (SSSR count). The fraction of sp³-hybridized carbons (Fsp3) is 0.357. The number of aliphatic carboxylic acids is 1. The molecular weight excluding hydrogens is 488 g/mol. The number of fused-ring (bicyclic) bond motifs is 1. The van der Waals surface area contributed by atoms with Gasteiger partial charge >= 0.3 is 5.97 Å². The molecule has 0 radical (unpaired) electrons. The lowest BCUT2D eigenvalue weighted by molar-refractivity contribution is -0.152. The summed E-state index contributed by atoms with van der Waals surface area (Å²) in [6.45, 7) is 1.45. The Labute approximate surface area is 212 Å². The van der Waals surface area contributed by atoms with Gasteiger partial charge in [-0.25, -0.2) is 17.6 Å². The number of halogens is 4. The van der Waals surface area contributed by atoms with E-state index in [0.717, 1.165) is 6.07 Å². The van der Waals surface area contributed by atoms with E-state index in [1.165, 1.54) is 19.4 Å². The number of nitrogens with zero attached hydrogens (tertiary/aromatic N) is 2. The number of carboxylic acids is 1. The van der Waals surface area contributed by atoms with Crippen molar-refractivity contribution in [2.75, 3.05) is 26.7 Å². The predicted molar refractivity (Wildman–Crippen MR) is 132 cm³/mol. The van der Waals surface area contributed by atoms with E-state index in [1.54, 1.807) is 24.3 Å². The highest BCUT2D eigenvalue weighted by atomic mass is 19.2. The summed E-state index contributed by atoms with van der Waals surface area (Å²) in [7, 11) is 1.53. The second-order valence-corrected chi connectivity index (χ2v) is 9.40. The van der Waals surface area contributed by atoms with Crippen molar-refractivity contribution in [2.24, 2.45) is 5.41 Å². The van der Waals surface area contributed by atoms with Gasteiger partial charge in [0.15, 0.2) is 11.6 Å². The lowest BCUT2D eigenvalue weighted by Gasteiger charge is -2.38. The number of carboxylic acid groups (broad SMARTS) is 1. The molecule has 0 amide bonds. The Morgan fingerprint density at radius 3 is 2.51 bits per heavy atom. The molecule has 1 saturated heterocycles. The average Bonchev–Trinajstić information content (AvgIpc) is 2.88. The molecule has 0 bridgehead atoms. The van der Waals surface area contributed by atoms with Crippen molar-refractivity contribution >= 4 is 22.9 Å². The van der Waals surface area contributed by atoms with E-state index in [1.807, 2.05) is 4.90 Å². The Kier molecular flexibility index (Phi) is 8.12. The highest BCUT2D eigenvalue weighted by Crippen LogP contribution is 2.37. The summed E-state index contributed by atoms with van der Waals surface area (Å²) in [5, 5.41) is 10.7. The van der Waals surface area contributed by atoms with Gasteiger partial charge in [-0.3, -0.25) is 14.7 Å². The van der Waals surface area contributed by atoms with Crippen LogP contribution in [0.25, 0.3) is 17.0 Å². The van der Waals surface area contributed by atoms with Crippen LogP contribution in [0.5, 0.6) is 5.75 Å². The Morgan fingerprint density at radius 1 is 1.08 bits per heavy atom. The van der Waals surface area contributed by atoms with Crippen LogP contribution >= 0.6 is 0 Å². The lowest BCUT2D eigenvalue weighted by Crippen LogP contribution is -2.44. The van der Waals surface area contributed by atoms with E-state index >= 15 is 0 Å². The molecule has 0 atom stereocenters. The molecule has 1 aliphatic heterocycles. The number of carbonyl (C=O) groups is 1. The highest BCUT2D eigenvalue weighted by molar-refractivity contribution is 5.83. The van der Waals surface area contributed by atoms with Crippen molar-refractivity contribution in [3.8, 4) is 5.75 Å². The Hall–Kier alpha value is -3.46. The summed E-state index contributed by atoms with van der Waals surface area (Å²) in [6.07, 6.45) is 6.34. The van der Waals surface area contributed by atoms with Crippen LogP contribution in [0.15, 0.2) is 42.6 Å². The normalized spacial score (nSPS) is 15.9. The number of methoxy groups -OCH3 is 1. The van der Waals surface area contributed by atoms with E-state index in [9.17, 15) is 27.5 Å². The molecule has 5 nitrogen and oxygen atoms in total. The Morgan fingerprint density at radius 2 is 1.81 bits per heavy atom. The molecule has 0 saturated carbocycles. The molecule has 0 aliphatic carbocycles. The highest BCUT2D eigenvalue weighted by Gasteiger charge is 2.40. The van der Waals surface area contributed by atoms with Gasteiger partial charge in [0.05, 0.1) is 24.2 Å². The number of aromatic nitrogens is 1. The smallest absolute Gasteiger partial charge is 0.309 e. The Bertz CT molecular complexity index is 1320. The largest absolute Gasteiger partial charge is 0.497 e. The van der Waals surface area contributed by atoms with Crippen LogP contribution in [-0.2, 0) is 11.2 Å². The maximum Gasteiger partial charge on any atom is 0.309 e. The predicted octanol–water partition coefficient (Wildman–Crippen LogP) is 6.00. The molecule has 2 heterocycles. The summed E-state index contributed by atoms with van der Waals surface area (Å²) < 4.78 is 60.2. The molecule has 1 N–H and O–H groups in total.